The van der Waals surface area contributed by atoms with Crippen LogP contribution in [-0.4, -0.2) is 6.10 Å². The predicted molar refractivity (Wildman–Crippen MR) is 76.9 cm³/mol. The van der Waals surface area contributed by atoms with Gasteiger partial charge in [-0.2, -0.15) is 5.26 Å². The maximum atomic E-state index is 13.2. The van der Waals surface area contributed by atoms with Crippen molar-refractivity contribution in [3.63, 3.8) is 0 Å². The molecule has 0 heterocycles. The Labute approximate surface area is 120 Å². The summed E-state index contributed by atoms with van der Waals surface area (Å²) in [5.41, 5.74) is 0.283. The monoisotopic (exact) mass is 275 g/mol. The number of hydrogen-bond acceptors (Lipinski definition) is 2. The minimum atomic E-state index is -0.397. The van der Waals surface area contributed by atoms with Crippen LogP contribution in [-0.2, 0) is 0 Å². The number of nitriles is 1. The quantitative estimate of drug-likeness (QED) is 0.811. The van der Waals surface area contributed by atoms with E-state index in [1.165, 1.54) is 18.6 Å². The lowest BCUT2D eigenvalue weighted by Gasteiger charge is -2.37. The van der Waals surface area contributed by atoms with E-state index in [-0.39, 0.29) is 11.7 Å². The largest absolute Gasteiger partial charge is 0.489 e. The second-order valence-electron chi connectivity index (χ2n) is 6.23. The van der Waals surface area contributed by atoms with Crippen LogP contribution in [0.5, 0.6) is 5.75 Å². The summed E-state index contributed by atoms with van der Waals surface area (Å²) in [6, 6.07) is 6.19. The molecule has 1 saturated carbocycles. The van der Waals surface area contributed by atoms with Gasteiger partial charge in [-0.25, -0.2) is 4.39 Å². The highest BCUT2D eigenvalue weighted by Gasteiger charge is 2.32. The smallest absolute Gasteiger partial charge is 0.137 e. The summed E-state index contributed by atoms with van der Waals surface area (Å²) in [4.78, 5) is 0. The van der Waals surface area contributed by atoms with Crippen LogP contribution in [0.2, 0.25) is 0 Å². The number of benzene rings is 1. The molecule has 0 bridgehead atoms. The molecule has 0 spiro atoms. The SMILES string of the molecule is CC1CCC(C(C)C)C(Oc2ccc(F)cc2C#N)C1. The van der Waals surface area contributed by atoms with Crippen molar-refractivity contribution in [3.05, 3.63) is 29.6 Å². The Kier molecular flexibility index (Phi) is 4.65. The third-order valence-corrected chi connectivity index (χ3v) is 4.30. The summed E-state index contributed by atoms with van der Waals surface area (Å²) in [5, 5.41) is 9.10. The fourth-order valence-corrected chi connectivity index (χ4v) is 3.11. The van der Waals surface area contributed by atoms with Gasteiger partial charge in [0.2, 0.25) is 0 Å². The van der Waals surface area contributed by atoms with Crippen LogP contribution in [0.3, 0.4) is 0 Å². The molecule has 3 atom stereocenters. The topological polar surface area (TPSA) is 33.0 Å². The van der Waals surface area contributed by atoms with E-state index in [2.05, 4.69) is 20.8 Å². The van der Waals surface area contributed by atoms with Crippen molar-refractivity contribution in [2.45, 2.75) is 46.1 Å². The zero-order valence-electron chi connectivity index (χ0n) is 12.4. The summed E-state index contributed by atoms with van der Waals surface area (Å²) in [6.45, 7) is 6.67. The average molecular weight is 275 g/mol. The molecule has 20 heavy (non-hydrogen) atoms. The summed E-state index contributed by atoms with van der Waals surface area (Å²) >= 11 is 0. The molecular weight excluding hydrogens is 253 g/mol. The van der Waals surface area contributed by atoms with E-state index < -0.39 is 5.82 Å². The number of halogens is 1. The lowest BCUT2D eigenvalue weighted by atomic mass is 9.75. The molecule has 0 radical (unpaired) electrons. The molecule has 0 aliphatic heterocycles. The molecule has 1 aliphatic carbocycles. The van der Waals surface area contributed by atoms with Crippen molar-refractivity contribution in [1.82, 2.24) is 0 Å². The first-order chi connectivity index (χ1) is 9.51. The number of ether oxygens (including phenoxy) is 1. The van der Waals surface area contributed by atoms with E-state index >= 15 is 0 Å². The second-order valence-corrected chi connectivity index (χ2v) is 6.23. The van der Waals surface area contributed by atoms with Crippen molar-refractivity contribution >= 4 is 0 Å². The highest BCUT2D eigenvalue weighted by atomic mass is 19.1. The molecule has 1 fully saturated rings. The summed E-state index contributed by atoms with van der Waals surface area (Å²) < 4.78 is 19.3. The zero-order valence-corrected chi connectivity index (χ0v) is 12.4. The van der Waals surface area contributed by atoms with Crippen molar-refractivity contribution in [2.75, 3.05) is 0 Å². The summed E-state index contributed by atoms with van der Waals surface area (Å²) in [7, 11) is 0. The van der Waals surface area contributed by atoms with Crippen LogP contribution in [0.1, 0.15) is 45.6 Å². The third kappa shape index (κ3) is 3.30. The molecule has 1 aromatic rings. The van der Waals surface area contributed by atoms with Gasteiger partial charge in [0.1, 0.15) is 23.7 Å². The van der Waals surface area contributed by atoms with Crippen LogP contribution < -0.4 is 4.74 Å². The van der Waals surface area contributed by atoms with E-state index in [9.17, 15) is 4.39 Å². The Morgan fingerprint density at radius 2 is 2.10 bits per heavy atom. The molecule has 0 aromatic heterocycles. The van der Waals surface area contributed by atoms with E-state index in [4.69, 9.17) is 10.00 Å². The van der Waals surface area contributed by atoms with Crippen LogP contribution >= 0.6 is 0 Å². The van der Waals surface area contributed by atoms with E-state index in [0.29, 0.717) is 23.5 Å². The maximum Gasteiger partial charge on any atom is 0.137 e. The van der Waals surface area contributed by atoms with Crippen LogP contribution in [0.4, 0.5) is 4.39 Å². The molecular formula is C17H22FNO. The Hall–Kier alpha value is -1.56. The minimum Gasteiger partial charge on any atom is -0.489 e. The normalized spacial score (nSPS) is 26.3. The summed E-state index contributed by atoms with van der Waals surface area (Å²) in [5.74, 6) is 1.81. The fraction of sp³-hybridized carbons (Fsp3) is 0.588. The highest BCUT2D eigenvalue weighted by Crippen LogP contribution is 2.36. The van der Waals surface area contributed by atoms with Gasteiger partial charge in [0.05, 0.1) is 5.56 Å². The zero-order chi connectivity index (χ0) is 14.7. The molecule has 108 valence electrons. The lowest BCUT2D eigenvalue weighted by Crippen LogP contribution is -2.36. The highest BCUT2D eigenvalue weighted by molar-refractivity contribution is 5.43. The molecule has 2 nitrogen and oxygen atoms in total. The number of hydrogen-bond donors (Lipinski definition) is 0. The van der Waals surface area contributed by atoms with Crippen molar-refractivity contribution in [1.29, 1.82) is 5.26 Å². The Morgan fingerprint density at radius 3 is 2.75 bits per heavy atom. The lowest BCUT2D eigenvalue weighted by molar-refractivity contribution is 0.0457. The first kappa shape index (κ1) is 14.8. The standard InChI is InChI=1S/C17H22FNO/c1-11(2)15-6-4-12(3)8-17(15)20-16-7-5-14(18)9-13(16)10-19/h5,7,9,11-12,15,17H,4,6,8H2,1-3H3. The van der Waals surface area contributed by atoms with Crippen molar-refractivity contribution < 1.29 is 9.13 Å². The molecule has 0 saturated heterocycles. The van der Waals surface area contributed by atoms with E-state index in [1.807, 2.05) is 6.07 Å². The molecule has 2 rings (SSSR count). The first-order valence-corrected chi connectivity index (χ1v) is 7.37. The van der Waals surface area contributed by atoms with Gasteiger partial charge >= 0.3 is 0 Å². The van der Waals surface area contributed by atoms with Crippen molar-refractivity contribution in [2.24, 2.45) is 17.8 Å². The molecule has 1 aliphatic rings. The van der Waals surface area contributed by atoms with Gasteiger partial charge < -0.3 is 4.74 Å². The number of rotatable bonds is 3. The third-order valence-electron chi connectivity index (χ3n) is 4.30. The minimum absolute atomic E-state index is 0.122. The molecule has 0 N–H and O–H groups in total. The van der Waals surface area contributed by atoms with Gasteiger partial charge in [-0.1, -0.05) is 27.2 Å². The van der Waals surface area contributed by atoms with Crippen LogP contribution in [0.15, 0.2) is 18.2 Å². The Morgan fingerprint density at radius 1 is 1.35 bits per heavy atom. The fourth-order valence-electron chi connectivity index (χ4n) is 3.11. The molecule has 3 unspecified atom stereocenters. The maximum absolute atomic E-state index is 13.2. The van der Waals surface area contributed by atoms with Gasteiger partial charge in [-0.3, -0.25) is 0 Å². The predicted octanol–water partition coefficient (Wildman–Crippen LogP) is 4.54. The van der Waals surface area contributed by atoms with E-state index in [0.717, 1.165) is 12.8 Å². The van der Waals surface area contributed by atoms with Gasteiger partial charge in [0.15, 0.2) is 0 Å². The first-order valence-electron chi connectivity index (χ1n) is 7.37. The Balaban J connectivity index is 2.20. The van der Waals surface area contributed by atoms with Crippen LogP contribution in [0, 0.1) is 34.9 Å². The second kappa shape index (κ2) is 6.26. The summed E-state index contributed by atoms with van der Waals surface area (Å²) in [6.07, 6.45) is 3.52. The van der Waals surface area contributed by atoms with Gasteiger partial charge in [0.25, 0.3) is 0 Å². The van der Waals surface area contributed by atoms with Gasteiger partial charge in [-0.05, 0) is 48.8 Å². The van der Waals surface area contributed by atoms with E-state index in [1.54, 1.807) is 6.07 Å². The average Bonchev–Trinajstić information content (AvgIpc) is 2.40. The van der Waals surface area contributed by atoms with Gasteiger partial charge in [0, 0.05) is 0 Å². The Bertz CT molecular complexity index is 506. The molecule has 3 heteroatoms. The van der Waals surface area contributed by atoms with Crippen LogP contribution in [0.25, 0.3) is 0 Å². The van der Waals surface area contributed by atoms with Gasteiger partial charge in [-0.15, -0.1) is 0 Å². The number of nitrogens with zero attached hydrogens (tertiary/aromatic N) is 1. The molecule has 0 amide bonds. The van der Waals surface area contributed by atoms with Crippen molar-refractivity contribution in [3.8, 4) is 11.8 Å². The molecule has 1 aromatic carbocycles.